The number of thioether (sulfide) groups is 1. The maximum Gasteiger partial charge on any atom is 0.263 e. The molecule has 2 aromatic rings. The second-order valence-corrected chi connectivity index (χ2v) is 9.99. The van der Waals surface area contributed by atoms with Crippen LogP contribution in [0.5, 0.6) is 0 Å². The van der Waals surface area contributed by atoms with Crippen LogP contribution in [0.2, 0.25) is 0 Å². The minimum Gasteiger partial charge on any atom is -0.372 e. The van der Waals surface area contributed by atoms with Crippen LogP contribution >= 0.6 is 23.1 Å². The Labute approximate surface area is 176 Å². The van der Waals surface area contributed by atoms with Crippen molar-refractivity contribution in [3.63, 3.8) is 0 Å². The molecule has 0 spiro atoms. The molecule has 3 heterocycles. The summed E-state index contributed by atoms with van der Waals surface area (Å²) < 4.78 is 7.81. The quantitative estimate of drug-likeness (QED) is 0.211. The number of fused-ring (bicyclic) bond motifs is 3. The number of hydrogen-bond acceptors (Lipinski definition) is 5. The maximum absolute atomic E-state index is 13.4. The van der Waals surface area contributed by atoms with E-state index in [1.165, 1.54) is 30.6 Å². The van der Waals surface area contributed by atoms with Crippen LogP contribution in [0.4, 0.5) is 0 Å². The monoisotopic (exact) mass is 420 g/mol. The molecule has 6 heteroatoms. The van der Waals surface area contributed by atoms with Crippen LogP contribution in [0.25, 0.3) is 10.2 Å². The number of ether oxygens (including phenoxy) is 1. The number of allylic oxidation sites excluding steroid dienone is 1. The predicted octanol–water partition coefficient (Wildman–Crippen LogP) is 5.80. The summed E-state index contributed by atoms with van der Waals surface area (Å²) in [4.78, 5) is 20.3. The van der Waals surface area contributed by atoms with Gasteiger partial charge in [-0.3, -0.25) is 9.36 Å². The van der Waals surface area contributed by atoms with Crippen LogP contribution in [0.1, 0.15) is 63.3 Å². The van der Waals surface area contributed by atoms with Gasteiger partial charge in [0.05, 0.1) is 18.1 Å². The summed E-state index contributed by atoms with van der Waals surface area (Å²) in [6.07, 6.45) is 9.03. The molecular weight excluding hydrogens is 388 g/mol. The summed E-state index contributed by atoms with van der Waals surface area (Å²) in [5.74, 6) is 1.44. The predicted molar refractivity (Wildman–Crippen MR) is 121 cm³/mol. The number of nitrogens with zero attached hydrogens (tertiary/aromatic N) is 2. The highest BCUT2D eigenvalue weighted by Crippen LogP contribution is 2.36. The lowest BCUT2D eigenvalue weighted by molar-refractivity contribution is 0.00200. The lowest BCUT2D eigenvalue weighted by Gasteiger charge is -2.26. The van der Waals surface area contributed by atoms with Crippen LogP contribution in [-0.4, -0.2) is 21.4 Å². The van der Waals surface area contributed by atoms with E-state index >= 15 is 0 Å². The van der Waals surface area contributed by atoms with Crippen LogP contribution in [0, 0.1) is 5.92 Å². The highest BCUT2D eigenvalue weighted by atomic mass is 32.2. The van der Waals surface area contributed by atoms with Gasteiger partial charge in [-0.25, -0.2) is 4.98 Å². The summed E-state index contributed by atoms with van der Waals surface area (Å²) in [6.45, 7) is 11.5. The Morgan fingerprint density at radius 3 is 2.86 bits per heavy atom. The van der Waals surface area contributed by atoms with Gasteiger partial charge in [0.15, 0.2) is 5.16 Å². The van der Waals surface area contributed by atoms with Crippen molar-refractivity contribution in [2.45, 2.75) is 83.7 Å². The number of aromatic nitrogens is 2. The molecule has 3 rings (SSSR count). The average molecular weight is 421 g/mol. The number of unbranched alkanes of at least 4 members (excludes halogenated alkanes) is 4. The second kappa shape index (κ2) is 10.1. The first-order valence-electron chi connectivity index (χ1n) is 10.5. The molecule has 0 amide bonds. The van der Waals surface area contributed by atoms with E-state index < -0.39 is 0 Å². The Balaban J connectivity index is 1.88. The standard InChI is InChI=1S/C22H32N2O2S2/c1-5-7-8-9-10-12-27-22-23-20-19(21(25)24(22)11-6-2)16-13-17(15(3)4)26-14-18(16)28-20/h6,15,17H,2,5,7-14H2,1,3-4H3/t17-/m0/s1. The van der Waals surface area contributed by atoms with Crippen LogP contribution in [0.3, 0.4) is 0 Å². The Hall–Kier alpha value is -1.11. The zero-order chi connectivity index (χ0) is 20.1. The van der Waals surface area contributed by atoms with Gasteiger partial charge in [0.25, 0.3) is 5.56 Å². The topological polar surface area (TPSA) is 44.1 Å². The van der Waals surface area contributed by atoms with Crippen LogP contribution in [0.15, 0.2) is 22.6 Å². The molecule has 0 saturated heterocycles. The van der Waals surface area contributed by atoms with Gasteiger partial charge < -0.3 is 4.74 Å². The van der Waals surface area contributed by atoms with E-state index in [1.54, 1.807) is 33.7 Å². The van der Waals surface area contributed by atoms with Gasteiger partial charge in [0.2, 0.25) is 0 Å². The molecule has 0 saturated carbocycles. The third kappa shape index (κ3) is 4.71. The van der Waals surface area contributed by atoms with E-state index in [2.05, 4.69) is 27.4 Å². The molecule has 1 aliphatic heterocycles. The van der Waals surface area contributed by atoms with Crippen molar-refractivity contribution in [3.05, 3.63) is 33.4 Å². The average Bonchev–Trinajstić information content (AvgIpc) is 3.04. The van der Waals surface area contributed by atoms with Crippen molar-refractivity contribution in [1.82, 2.24) is 9.55 Å². The van der Waals surface area contributed by atoms with Gasteiger partial charge in [0, 0.05) is 23.6 Å². The van der Waals surface area contributed by atoms with E-state index in [0.717, 1.165) is 39.5 Å². The van der Waals surface area contributed by atoms with Crippen LogP contribution in [-0.2, 0) is 24.3 Å². The first-order valence-corrected chi connectivity index (χ1v) is 12.3. The summed E-state index contributed by atoms with van der Waals surface area (Å²) in [7, 11) is 0. The lowest BCUT2D eigenvalue weighted by Crippen LogP contribution is -2.28. The zero-order valence-corrected chi connectivity index (χ0v) is 19.0. The smallest absolute Gasteiger partial charge is 0.263 e. The minimum absolute atomic E-state index is 0.0836. The summed E-state index contributed by atoms with van der Waals surface area (Å²) in [5.41, 5.74) is 1.25. The number of hydrogen-bond donors (Lipinski definition) is 0. The Bertz CT molecular complexity index is 870. The summed E-state index contributed by atoms with van der Waals surface area (Å²) in [5, 5.41) is 1.64. The summed E-state index contributed by atoms with van der Waals surface area (Å²) >= 11 is 3.34. The first kappa shape index (κ1) is 21.6. The molecule has 0 radical (unpaired) electrons. The van der Waals surface area contributed by atoms with Crippen LogP contribution < -0.4 is 5.56 Å². The molecule has 0 aliphatic carbocycles. The molecule has 0 bridgehead atoms. The Morgan fingerprint density at radius 1 is 1.36 bits per heavy atom. The van der Waals surface area contributed by atoms with Crippen molar-refractivity contribution < 1.29 is 4.74 Å². The summed E-state index contributed by atoms with van der Waals surface area (Å²) in [6, 6.07) is 0. The van der Waals surface area contributed by atoms with E-state index in [-0.39, 0.29) is 11.7 Å². The molecule has 2 aromatic heterocycles. The fourth-order valence-electron chi connectivity index (χ4n) is 3.64. The van der Waals surface area contributed by atoms with Gasteiger partial charge in [-0.1, -0.05) is 64.3 Å². The lowest BCUT2D eigenvalue weighted by atomic mass is 9.96. The third-order valence-electron chi connectivity index (χ3n) is 5.33. The van der Waals surface area contributed by atoms with E-state index in [1.807, 2.05) is 0 Å². The van der Waals surface area contributed by atoms with Gasteiger partial charge >= 0.3 is 0 Å². The second-order valence-electron chi connectivity index (χ2n) is 7.84. The van der Waals surface area contributed by atoms with Gasteiger partial charge in [-0.15, -0.1) is 17.9 Å². The van der Waals surface area contributed by atoms with E-state index in [0.29, 0.717) is 19.1 Å². The normalized spacial score (nSPS) is 16.6. The molecule has 0 aromatic carbocycles. The number of rotatable bonds is 10. The molecular formula is C22H32N2O2S2. The van der Waals surface area contributed by atoms with Crippen molar-refractivity contribution in [3.8, 4) is 0 Å². The van der Waals surface area contributed by atoms with Gasteiger partial charge in [0.1, 0.15) is 4.83 Å². The fraction of sp³-hybridized carbons (Fsp3) is 0.636. The maximum atomic E-state index is 13.4. The van der Waals surface area contributed by atoms with Crippen molar-refractivity contribution in [2.75, 3.05) is 5.75 Å². The molecule has 4 nitrogen and oxygen atoms in total. The highest BCUT2D eigenvalue weighted by molar-refractivity contribution is 7.99. The van der Waals surface area contributed by atoms with E-state index in [9.17, 15) is 4.79 Å². The Kier molecular flexibility index (Phi) is 7.77. The molecule has 1 atom stereocenters. The SMILES string of the molecule is C=CCn1c(SCCCCCCC)nc2sc3c(c2c1=O)C[C@@H](C(C)C)OC3. The number of thiophene rings is 1. The molecule has 0 unspecified atom stereocenters. The third-order valence-corrected chi connectivity index (χ3v) is 7.49. The molecule has 0 fully saturated rings. The zero-order valence-electron chi connectivity index (χ0n) is 17.3. The Morgan fingerprint density at radius 2 is 2.14 bits per heavy atom. The van der Waals surface area contributed by atoms with Crippen molar-refractivity contribution in [2.24, 2.45) is 5.92 Å². The molecule has 0 N–H and O–H groups in total. The van der Waals surface area contributed by atoms with Crippen molar-refractivity contribution in [1.29, 1.82) is 0 Å². The highest BCUT2D eigenvalue weighted by Gasteiger charge is 2.28. The molecule has 154 valence electrons. The van der Waals surface area contributed by atoms with Crippen molar-refractivity contribution >= 4 is 33.3 Å². The molecule has 1 aliphatic rings. The largest absolute Gasteiger partial charge is 0.372 e. The van der Waals surface area contributed by atoms with Gasteiger partial charge in [-0.2, -0.15) is 0 Å². The van der Waals surface area contributed by atoms with E-state index in [4.69, 9.17) is 9.72 Å². The first-order chi connectivity index (χ1) is 13.6. The fourth-order valence-corrected chi connectivity index (χ4v) is 5.81. The molecule has 28 heavy (non-hydrogen) atoms. The van der Waals surface area contributed by atoms with Gasteiger partial charge in [-0.05, 0) is 17.9 Å². The minimum atomic E-state index is 0.0836.